The Morgan fingerprint density at radius 2 is 2.08 bits per heavy atom. The van der Waals surface area contributed by atoms with Gasteiger partial charge in [-0.05, 0) is 37.0 Å². The van der Waals surface area contributed by atoms with E-state index in [1.807, 2.05) is 6.07 Å². The zero-order valence-corrected chi connectivity index (χ0v) is 8.55. The number of hydrogen-bond donors (Lipinski definition) is 0. The number of benzene rings is 1. The second-order valence-electron chi connectivity index (χ2n) is 3.49. The van der Waals surface area contributed by atoms with Crippen molar-refractivity contribution in [1.82, 2.24) is 0 Å². The molecular formula is C12H16O. The van der Waals surface area contributed by atoms with Gasteiger partial charge in [-0.25, -0.2) is 0 Å². The second-order valence-corrected chi connectivity index (χ2v) is 3.49. The highest BCUT2D eigenvalue weighted by atomic mass is 16.1. The molecule has 1 aromatic carbocycles. The van der Waals surface area contributed by atoms with Crippen LogP contribution in [0.5, 0.6) is 0 Å². The first-order chi connectivity index (χ1) is 6.13. The van der Waals surface area contributed by atoms with Crippen LogP contribution >= 0.6 is 0 Å². The highest BCUT2D eigenvalue weighted by Crippen LogP contribution is 2.12. The SMILES string of the molecule is CCc1ccc(CC(C)=O)cc1C. The molecule has 0 aliphatic heterocycles. The van der Waals surface area contributed by atoms with Gasteiger partial charge in [-0.1, -0.05) is 25.1 Å². The summed E-state index contributed by atoms with van der Waals surface area (Å²) in [4.78, 5) is 10.9. The van der Waals surface area contributed by atoms with E-state index in [2.05, 4.69) is 26.0 Å². The molecule has 0 spiro atoms. The Morgan fingerprint density at radius 3 is 2.54 bits per heavy atom. The summed E-state index contributed by atoms with van der Waals surface area (Å²) in [6, 6.07) is 6.28. The average molecular weight is 176 g/mol. The smallest absolute Gasteiger partial charge is 0.134 e. The lowest BCUT2D eigenvalue weighted by molar-refractivity contribution is -0.116. The van der Waals surface area contributed by atoms with E-state index in [1.54, 1.807) is 6.92 Å². The van der Waals surface area contributed by atoms with E-state index in [-0.39, 0.29) is 5.78 Å². The Labute approximate surface area is 79.8 Å². The van der Waals surface area contributed by atoms with Crippen molar-refractivity contribution in [3.8, 4) is 0 Å². The zero-order valence-electron chi connectivity index (χ0n) is 8.55. The minimum atomic E-state index is 0.226. The molecule has 1 heteroatoms. The predicted molar refractivity (Wildman–Crippen MR) is 54.9 cm³/mol. The Balaban J connectivity index is 2.89. The van der Waals surface area contributed by atoms with Crippen LogP contribution in [0.1, 0.15) is 30.5 Å². The van der Waals surface area contributed by atoms with Crippen molar-refractivity contribution in [1.29, 1.82) is 0 Å². The van der Waals surface area contributed by atoms with Crippen molar-refractivity contribution >= 4 is 5.78 Å². The maximum absolute atomic E-state index is 10.9. The van der Waals surface area contributed by atoms with Crippen LogP contribution in [0, 0.1) is 6.92 Å². The number of Topliss-reactive ketones (excluding diaryl/α,β-unsaturated/α-hetero) is 1. The third-order valence-corrected chi connectivity index (χ3v) is 2.24. The molecule has 1 rings (SSSR count). The summed E-state index contributed by atoms with van der Waals surface area (Å²) >= 11 is 0. The molecule has 70 valence electrons. The Bertz CT molecular complexity index is 313. The topological polar surface area (TPSA) is 17.1 Å². The molecule has 1 nitrogen and oxygen atoms in total. The number of aryl methyl sites for hydroxylation is 2. The normalized spacial score (nSPS) is 10.1. The highest BCUT2D eigenvalue weighted by Gasteiger charge is 2.00. The molecule has 0 aliphatic carbocycles. The number of carbonyl (C=O) groups is 1. The van der Waals surface area contributed by atoms with Crippen molar-refractivity contribution in [2.45, 2.75) is 33.6 Å². The van der Waals surface area contributed by atoms with Crippen LogP contribution in [0.3, 0.4) is 0 Å². The lowest BCUT2D eigenvalue weighted by Crippen LogP contribution is -1.97. The summed E-state index contributed by atoms with van der Waals surface area (Å²) in [6.45, 7) is 5.87. The molecule has 0 radical (unpaired) electrons. The molecule has 0 bridgehead atoms. The van der Waals surface area contributed by atoms with Crippen LogP contribution in [-0.4, -0.2) is 5.78 Å². The van der Waals surface area contributed by atoms with Gasteiger partial charge in [0.05, 0.1) is 0 Å². The van der Waals surface area contributed by atoms with Gasteiger partial charge in [-0.15, -0.1) is 0 Å². The molecule has 0 unspecified atom stereocenters. The van der Waals surface area contributed by atoms with Crippen molar-refractivity contribution in [2.75, 3.05) is 0 Å². The lowest BCUT2D eigenvalue weighted by Gasteiger charge is -2.05. The van der Waals surface area contributed by atoms with Gasteiger partial charge >= 0.3 is 0 Å². The fourth-order valence-electron chi connectivity index (χ4n) is 1.55. The van der Waals surface area contributed by atoms with Gasteiger partial charge in [0, 0.05) is 6.42 Å². The first-order valence-corrected chi connectivity index (χ1v) is 4.71. The Kier molecular flexibility index (Phi) is 3.24. The highest BCUT2D eigenvalue weighted by molar-refractivity contribution is 5.78. The maximum Gasteiger partial charge on any atom is 0.134 e. The summed E-state index contributed by atoms with van der Waals surface area (Å²) in [5.74, 6) is 0.226. The fraction of sp³-hybridized carbons (Fsp3) is 0.417. The van der Waals surface area contributed by atoms with E-state index in [4.69, 9.17) is 0 Å². The van der Waals surface area contributed by atoms with E-state index < -0.39 is 0 Å². The van der Waals surface area contributed by atoms with E-state index >= 15 is 0 Å². The number of rotatable bonds is 3. The monoisotopic (exact) mass is 176 g/mol. The van der Waals surface area contributed by atoms with Crippen LogP contribution in [0.2, 0.25) is 0 Å². The van der Waals surface area contributed by atoms with Crippen molar-refractivity contribution in [3.05, 3.63) is 34.9 Å². The molecule has 0 fully saturated rings. The van der Waals surface area contributed by atoms with E-state index in [1.165, 1.54) is 11.1 Å². The van der Waals surface area contributed by atoms with Crippen LogP contribution < -0.4 is 0 Å². The van der Waals surface area contributed by atoms with Gasteiger partial charge < -0.3 is 0 Å². The first kappa shape index (κ1) is 9.97. The number of ketones is 1. The van der Waals surface area contributed by atoms with Crippen LogP contribution in [0.15, 0.2) is 18.2 Å². The molecule has 0 saturated carbocycles. The minimum absolute atomic E-state index is 0.226. The van der Waals surface area contributed by atoms with E-state index in [0.29, 0.717) is 6.42 Å². The molecule has 0 saturated heterocycles. The molecule has 0 aliphatic rings. The summed E-state index contributed by atoms with van der Waals surface area (Å²) < 4.78 is 0. The standard InChI is InChI=1S/C12H16O/c1-4-12-6-5-11(7-9(12)2)8-10(3)13/h5-7H,4,8H2,1-3H3. The molecule has 0 aromatic heterocycles. The van der Waals surface area contributed by atoms with Crippen LogP contribution in [0.4, 0.5) is 0 Å². The molecule has 0 atom stereocenters. The molecule has 0 amide bonds. The van der Waals surface area contributed by atoms with E-state index in [9.17, 15) is 4.79 Å². The summed E-state index contributed by atoms with van der Waals surface area (Å²) in [5.41, 5.74) is 3.79. The van der Waals surface area contributed by atoms with E-state index in [0.717, 1.165) is 12.0 Å². The summed E-state index contributed by atoms with van der Waals surface area (Å²) in [6.07, 6.45) is 1.62. The zero-order chi connectivity index (χ0) is 9.84. The minimum Gasteiger partial charge on any atom is -0.300 e. The molecule has 0 N–H and O–H groups in total. The lowest BCUT2D eigenvalue weighted by atomic mass is 10.0. The second kappa shape index (κ2) is 4.22. The van der Waals surface area contributed by atoms with Gasteiger partial charge in [0.15, 0.2) is 0 Å². The number of carbonyl (C=O) groups excluding carboxylic acids is 1. The van der Waals surface area contributed by atoms with Crippen LogP contribution in [0.25, 0.3) is 0 Å². The Hall–Kier alpha value is -1.11. The molecule has 0 heterocycles. The van der Waals surface area contributed by atoms with Gasteiger partial charge in [-0.3, -0.25) is 4.79 Å². The summed E-state index contributed by atoms with van der Waals surface area (Å²) in [5, 5.41) is 0. The third-order valence-electron chi connectivity index (χ3n) is 2.24. The fourth-order valence-corrected chi connectivity index (χ4v) is 1.55. The number of hydrogen-bond acceptors (Lipinski definition) is 1. The van der Waals surface area contributed by atoms with Gasteiger partial charge in [-0.2, -0.15) is 0 Å². The van der Waals surface area contributed by atoms with Gasteiger partial charge in [0.1, 0.15) is 5.78 Å². The molecular weight excluding hydrogens is 160 g/mol. The molecule has 1 aromatic rings. The van der Waals surface area contributed by atoms with Crippen LogP contribution in [-0.2, 0) is 17.6 Å². The quantitative estimate of drug-likeness (QED) is 0.692. The van der Waals surface area contributed by atoms with Gasteiger partial charge in [0.25, 0.3) is 0 Å². The third kappa shape index (κ3) is 2.69. The first-order valence-electron chi connectivity index (χ1n) is 4.71. The molecule has 13 heavy (non-hydrogen) atoms. The average Bonchev–Trinajstić information content (AvgIpc) is 2.03. The van der Waals surface area contributed by atoms with Gasteiger partial charge in [0.2, 0.25) is 0 Å². The largest absolute Gasteiger partial charge is 0.300 e. The Morgan fingerprint density at radius 1 is 1.38 bits per heavy atom. The summed E-state index contributed by atoms with van der Waals surface area (Å²) in [7, 11) is 0. The van der Waals surface area contributed by atoms with Crippen molar-refractivity contribution in [3.63, 3.8) is 0 Å². The van der Waals surface area contributed by atoms with Crippen molar-refractivity contribution in [2.24, 2.45) is 0 Å². The predicted octanol–water partition coefficient (Wildman–Crippen LogP) is 2.69. The van der Waals surface area contributed by atoms with Crippen molar-refractivity contribution < 1.29 is 4.79 Å². The maximum atomic E-state index is 10.9.